The number of hydrogen-bond donors (Lipinski definition) is 1. The normalized spacial score (nSPS) is 19.6. The fraction of sp³-hybridized carbons (Fsp3) is 0.200. The van der Waals surface area contributed by atoms with Gasteiger partial charge in [-0.1, -0.05) is 60.7 Å². The number of thioether (sulfide) groups is 2. The predicted octanol–water partition coefficient (Wildman–Crippen LogP) is 3.50. The third-order valence-electron chi connectivity index (χ3n) is 5.61. The van der Waals surface area contributed by atoms with Gasteiger partial charge in [0.25, 0.3) is 0 Å². The first-order valence-corrected chi connectivity index (χ1v) is 12.8. The van der Waals surface area contributed by atoms with Crippen LogP contribution in [0.2, 0.25) is 0 Å². The number of β-lactam (4-membered cyclic amide) rings is 1. The Bertz CT molecular complexity index is 1170. The predicted molar refractivity (Wildman–Crippen MR) is 132 cm³/mol. The number of carbonyl (C=O) groups is 2. The number of nitrogens with two attached hydrogens (primary N) is 1. The summed E-state index contributed by atoms with van der Waals surface area (Å²) < 4.78 is 6.10. The van der Waals surface area contributed by atoms with Crippen molar-refractivity contribution in [2.75, 3.05) is 5.75 Å². The van der Waals surface area contributed by atoms with Crippen LogP contribution in [0, 0.1) is 0 Å². The number of hydrogen-bond acceptors (Lipinski definition) is 8. The number of ether oxygens (including phenoxy) is 1. The molecule has 1 saturated heterocycles. The molecule has 0 saturated carbocycles. The average Bonchev–Trinajstić information content (AvgIpc) is 2.91. The summed E-state index contributed by atoms with van der Waals surface area (Å²) in [6.07, 6.45) is 4.33. The molecule has 1 amide bonds. The number of fused-ring (bicyclic) bond motifs is 1. The maximum absolute atomic E-state index is 13.7. The maximum Gasteiger partial charge on any atom is 0.356 e. The molecule has 0 bridgehead atoms. The second kappa shape index (κ2) is 10.0. The van der Waals surface area contributed by atoms with Gasteiger partial charge in [0.1, 0.15) is 17.1 Å². The van der Waals surface area contributed by atoms with Crippen LogP contribution in [-0.4, -0.2) is 43.9 Å². The number of benzene rings is 2. The molecule has 1 aromatic heterocycles. The summed E-state index contributed by atoms with van der Waals surface area (Å²) in [4.78, 5) is 37.0. The van der Waals surface area contributed by atoms with Crippen LogP contribution in [-0.2, 0) is 20.1 Å². The molecule has 2 aliphatic heterocycles. The van der Waals surface area contributed by atoms with E-state index in [4.69, 9.17) is 10.5 Å². The Morgan fingerprint density at radius 3 is 2.41 bits per heavy atom. The highest BCUT2D eigenvalue weighted by molar-refractivity contribution is 8.05. The molecule has 2 atom stereocenters. The topological polar surface area (TPSA) is 98.4 Å². The molecular weight excluding hydrogens is 468 g/mol. The standard InChI is InChI=1S/C25H22N4O3S2/c26-20-23(30)29-21(19(15-34-24(20)29)33-14-18-13-27-11-12-28-18)25(31)32-22(16-7-3-1-4-8-16)17-9-5-2-6-10-17/h1-13,20,22,24H,14-15,26H2/t20-,24+/m1/s1. The van der Waals surface area contributed by atoms with Crippen molar-refractivity contribution in [3.05, 3.63) is 107 Å². The first-order valence-electron chi connectivity index (χ1n) is 10.8. The molecule has 1 fully saturated rings. The highest BCUT2D eigenvalue weighted by Gasteiger charge is 2.52. The Labute approximate surface area is 205 Å². The number of nitrogens with zero attached hydrogens (tertiary/aromatic N) is 3. The van der Waals surface area contributed by atoms with Crippen molar-refractivity contribution in [2.24, 2.45) is 5.73 Å². The Kier molecular flexibility index (Phi) is 6.66. The van der Waals surface area contributed by atoms with E-state index in [1.165, 1.54) is 16.7 Å². The highest BCUT2D eigenvalue weighted by Crippen LogP contribution is 2.44. The maximum atomic E-state index is 13.7. The number of carbonyl (C=O) groups excluding carboxylic acids is 2. The van der Waals surface area contributed by atoms with Gasteiger partial charge < -0.3 is 10.5 Å². The monoisotopic (exact) mass is 490 g/mol. The minimum Gasteiger partial charge on any atom is -0.448 e. The zero-order chi connectivity index (χ0) is 23.5. The van der Waals surface area contributed by atoms with E-state index in [0.29, 0.717) is 11.5 Å². The molecule has 2 aliphatic rings. The van der Waals surface area contributed by atoms with Crippen LogP contribution in [0.1, 0.15) is 22.9 Å². The summed E-state index contributed by atoms with van der Waals surface area (Å²) >= 11 is 3.03. The van der Waals surface area contributed by atoms with E-state index in [-0.39, 0.29) is 17.0 Å². The van der Waals surface area contributed by atoms with Crippen LogP contribution >= 0.6 is 23.5 Å². The molecule has 2 aromatic carbocycles. The lowest BCUT2D eigenvalue weighted by atomic mass is 10.0. The number of aromatic nitrogens is 2. The summed E-state index contributed by atoms with van der Waals surface area (Å²) in [5, 5.41) is -0.261. The van der Waals surface area contributed by atoms with E-state index < -0.39 is 18.1 Å². The van der Waals surface area contributed by atoms with Crippen molar-refractivity contribution in [1.29, 1.82) is 0 Å². The molecule has 34 heavy (non-hydrogen) atoms. The Hall–Kier alpha value is -3.14. The summed E-state index contributed by atoms with van der Waals surface area (Å²) in [7, 11) is 0. The van der Waals surface area contributed by atoms with Crippen molar-refractivity contribution in [3.63, 3.8) is 0 Å². The van der Waals surface area contributed by atoms with Gasteiger partial charge in [0.15, 0.2) is 6.10 Å². The Morgan fingerprint density at radius 1 is 1.12 bits per heavy atom. The van der Waals surface area contributed by atoms with Crippen LogP contribution < -0.4 is 5.73 Å². The van der Waals surface area contributed by atoms with E-state index in [9.17, 15) is 9.59 Å². The molecule has 0 aliphatic carbocycles. The largest absolute Gasteiger partial charge is 0.448 e. The summed E-state index contributed by atoms with van der Waals surface area (Å²) in [5.74, 6) is 0.293. The molecule has 3 aromatic rings. The molecule has 0 unspecified atom stereocenters. The molecule has 5 rings (SSSR count). The second-order valence-corrected chi connectivity index (χ2v) is 9.97. The third kappa shape index (κ3) is 4.46. The lowest BCUT2D eigenvalue weighted by molar-refractivity contribution is -0.152. The van der Waals surface area contributed by atoms with E-state index >= 15 is 0 Å². The van der Waals surface area contributed by atoms with E-state index in [1.54, 1.807) is 30.4 Å². The quantitative estimate of drug-likeness (QED) is 0.397. The number of esters is 1. The lowest BCUT2D eigenvalue weighted by Crippen LogP contribution is -2.68. The van der Waals surface area contributed by atoms with Crippen molar-refractivity contribution >= 4 is 35.4 Å². The molecule has 172 valence electrons. The van der Waals surface area contributed by atoms with Gasteiger partial charge in [-0.15, -0.1) is 23.5 Å². The molecule has 0 radical (unpaired) electrons. The van der Waals surface area contributed by atoms with Crippen LogP contribution in [0.4, 0.5) is 0 Å². The van der Waals surface area contributed by atoms with E-state index in [0.717, 1.165) is 21.7 Å². The van der Waals surface area contributed by atoms with Crippen LogP contribution in [0.25, 0.3) is 0 Å². The smallest absolute Gasteiger partial charge is 0.356 e. The minimum absolute atomic E-state index is 0.261. The SMILES string of the molecule is N[C@@H]1C(=O)N2C(C(=O)OC(c3ccccc3)c3ccccc3)=C(SCc3cnccn3)CS[C@@H]12. The van der Waals surface area contributed by atoms with Gasteiger partial charge in [0.05, 0.1) is 5.69 Å². The molecule has 7 nitrogen and oxygen atoms in total. The summed E-state index contributed by atoms with van der Waals surface area (Å²) in [6.45, 7) is 0. The average molecular weight is 491 g/mol. The van der Waals surface area contributed by atoms with E-state index in [2.05, 4.69) is 9.97 Å². The Morgan fingerprint density at radius 2 is 1.79 bits per heavy atom. The number of rotatable bonds is 7. The van der Waals surface area contributed by atoms with Crippen molar-refractivity contribution in [3.8, 4) is 0 Å². The fourth-order valence-electron chi connectivity index (χ4n) is 3.90. The highest BCUT2D eigenvalue weighted by atomic mass is 32.2. The van der Waals surface area contributed by atoms with Gasteiger partial charge in [-0.25, -0.2) is 4.79 Å². The van der Waals surface area contributed by atoms with Gasteiger partial charge >= 0.3 is 5.97 Å². The third-order valence-corrected chi connectivity index (χ3v) is 8.22. The summed E-state index contributed by atoms with van der Waals surface area (Å²) in [5.41, 5.74) is 8.79. The molecule has 2 N–H and O–H groups in total. The zero-order valence-electron chi connectivity index (χ0n) is 18.1. The molecule has 9 heteroatoms. The first-order chi connectivity index (χ1) is 16.6. The Balaban J connectivity index is 1.47. The van der Waals surface area contributed by atoms with Crippen molar-refractivity contribution in [1.82, 2.24) is 14.9 Å². The summed E-state index contributed by atoms with van der Waals surface area (Å²) in [6, 6.07) is 18.6. The van der Waals surface area contributed by atoms with Gasteiger partial charge in [0.2, 0.25) is 5.91 Å². The van der Waals surface area contributed by atoms with Gasteiger partial charge in [-0.3, -0.25) is 19.7 Å². The number of amides is 1. The molecule has 0 spiro atoms. The second-order valence-electron chi connectivity index (χ2n) is 7.80. The van der Waals surface area contributed by atoms with Gasteiger partial charge in [0, 0.05) is 35.0 Å². The van der Waals surface area contributed by atoms with Crippen molar-refractivity contribution in [2.45, 2.75) is 23.3 Å². The zero-order valence-corrected chi connectivity index (χ0v) is 19.7. The fourth-order valence-corrected chi connectivity index (χ4v) is 6.37. The van der Waals surface area contributed by atoms with Gasteiger partial charge in [-0.2, -0.15) is 0 Å². The van der Waals surface area contributed by atoms with Crippen LogP contribution in [0.5, 0.6) is 0 Å². The molecular formula is C25H22N4O3S2. The minimum atomic E-state index is -0.613. The lowest BCUT2D eigenvalue weighted by Gasteiger charge is -2.48. The first kappa shape index (κ1) is 22.6. The van der Waals surface area contributed by atoms with Crippen LogP contribution in [0.15, 0.2) is 89.9 Å². The van der Waals surface area contributed by atoms with E-state index in [1.807, 2.05) is 60.7 Å². The van der Waals surface area contributed by atoms with Crippen molar-refractivity contribution < 1.29 is 14.3 Å². The molecule has 3 heterocycles. The van der Waals surface area contributed by atoms with Crippen LogP contribution in [0.3, 0.4) is 0 Å². The van der Waals surface area contributed by atoms with Gasteiger partial charge in [-0.05, 0) is 11.1 Å².